The number of aryl methyl sites for hydroxylation is 1. The zero-order chi connectivity index (χ0) is 20.7. The summed E-state index contributed by atoms with van der Waals surface area (Å²) < 4.78 is 32.3. The smallest absolute Gasteiger partial charge is 0.262 e. The average molecular weight is 405 g/mol. The number of benzene rings is 2. The third-order valence-corrected chi connectivity index (χ3v) is 5.27. The summed E-state index contributed by atoms with van der Waals surface area (Å²) in [4.78, 5) is 23.2. The molecule has 28 heavy (non-hydrogen) atoms. The highest BCUT2D eigenvalue weighted by molar-refractivity contribution is 7.89. The zero-order valence-electron chi connectivity index (χ0n) is 15.7. The number of amides is 2. The summed E-state index contributed by atoms with van der Waals surface area (Å²) in [5, 5.41) is 2.63. The molecular formula is C19H23N3O5S. The number of hydrogen-bond acceptors (Lipinski definition) is 5. The molecule has 0 heterocycles. The molecule has 2 aromatic carbocycles. The molecule has 9 heteroatoms. The minimum Gasteiger partial charge on any atom is -0.483 e. The van der Waals surface area contributed by atoms with Crippen LogP contribution in [-0.4, -0.2) is 33.4 Å². The number of nitrogens with one attached hydrogen (secondary N) is 2. The Morgan fingerprint density at radius 1 is 1.11 bits per heavy atom. The summed E-state index contributed by atoms with van der Waals surface area (Å²) in [6.45, 7) is 3.69. The van der Waals surface area contributed by atoms with Crippen LogP contribution in [0.1, 0.15) is 29.3 Å². The third-order valence-electron chi connectivity index (χ3n) is 3.81. The van der Waals surface area contributed by atoms with Crippen LogP contribution in [0.3, 0.4) is 0 Å². The van der Waals surface area contributed by atoms with E-state index >= 15 is 0 Å². The number of carbonyl (C=O) groups excluding carboxylic acids is 2. The highest BCUT2D eigenvalue weighted by Crippen LogP contribution is 2.22. The van der Waals surface area contributed by atoms with Gasteiger partial charge in [-0.1, -0.05) is 6.92 Å². The van der Waals surface area contributed by atoms with Crippen molar-refractivity contribution in [2.24, 2.45) is 5.73 Å². The lowest BCUT2D eigenvalue weighted by molar-refractivity contribution is -0.118. The van der Waals surface area contributed by atoms with Crippen molar-refractivity contribution in [2.45, 2.75) is 25.2 Å². The SMILES string of the molecule is CCCNS(=O)(=O)c1ccc(OCC(=O)Nc2ccc(C(N)=O)cc2)c(C)c1. The first kappa shape index (κ1) is 21.4. The van der Waals surface area contributed by atoms with Crippen LogP contribution in [0.5, 0.6) is 5.75 Å². The van der Waals surface area contributed by atoms with Crippen LogP contribution in [0.2, 0.25) is 0 Å². The van der Waals surface area contributed by atoms with Crippen LogP contribution in [0.15, 0.2) is 47.4 Å². The first-order valence-corrected chi connectivity index (χ1v) is 10.1. The molecule has 0 saturated carbocycles. The molecule has 0 aliphatic heterocycles. The van der Waals surface area contributed by atoms with Crippen LogP contribution >= 0.6 is 0 Å². The molecule has 2 amide bonds. The van der Waals surface area contributed by atoms with Gasteiger partial charge in [0.15, 0.2) is 6.61 Å². The Morgan fingerprint density at radius 3 is 2.36 bits per heavy atom. The quantitative estimate of drug-likeness (QED) is 0.586. The molecule has 0 atom stereocenters. The fourth-order valence-electron chi connectivity index (χ4n) is 2.33. The van der Waals surface area contributed by atoms with E-state index in [1.807, 2.05) is 6.92 Å². The van der Waals surface area contributed by atoms with Gasteiger partial charge in [-0.25, -0.2) is 13.1 Å². The molecule has 0 spiro atoms. The summed E-state index contributed by atoms with van der Waals surface area (Å²) in [6.07, 6.45) is 0.694. The molecule has 0 aromatic heterocycles. The van der Waals surface area contributed by atoms with Crippen molar-refractivity contribution < 1.29 is 22.7 Å². The molecule has 4 N–H and O–H groups in total. The van der Waals surface area contributed by atoms with E-state index in [1.165, 1.54) is 30.3 Å². The number of primary amides is 1. The molecule has 0 fully saturated rings. The van der Waals surface area contributed by atoms with Crippen molar-refractivity contribution in [1.29, 1.82) is 0 Å². The van der Waals surface area contributed by atoms with Gasteiger partial charge in [-0.15, -0.1) is 0 Å². The van der Waals surface area contributed by atoms with E-state index in [9.17, 15) is 18.0 Å². The predicted molar refractivity (Wildman–Crippen MR) is 106 cm³/mol. The highest BCUT2D eigenvalue weighted by Gasteiger charge is 2.15. The van der Waals surface area contributed by atoms with Gasteiger partial charge in [0, 0.05) is 17.8 Å². The second-order valence-corrected chi connectivity index (χ2v) is 7.87. The Kier molecular flexibility index (Phi) is 7.13. The normalized spacial score (nSPS) is 11.1. The van der Waals surface area contributed by atoms with Gasteiger partial charge in [-0.3, -0.25) is 9.59 Å². The summed E-state index contributed by atoms with van der Waals surface area (Å²) in [5.74, 6) is -0.534. The maximum absolute atomic E-state index is 12.1. The van der Waals surface area contributed by atoms with E-state index in [0.717, 1.165) is 0 Å². The Morgan fingerprint density at radius 2 is 1.79 bits per heavy atom. The van der Waals surface area contributed by atoms with Crippen LogP contribution in [0, 0.1) is 6.92 Å². The molecule has 150 valence electrons. The summed E-state index contributed by atoms with van der Waals surface area (Å²) in [6, 6.07) is 10.6. The zero-order valence-corrected chi connectivity index (χ0v) is 16.5. The van der Waals surface area contributed by atoms with Gasteiger partial charge in [0.05, 0.1) is 4.90 Å². The number of hydrogen-bond donors (Lipinski definition) is 3. The van der Waals surface area contributed by atoms with Crippen molar-refractivity contribution in [1.82, 2.24) is 4.72 Å². The van der Waals surface area contributed by atoms with Crippen molar-refractivity contribution in [3.8, 4) is 5.75 Å². The van der Waals surface area contributed by atoms with E-state index in [0.29, 0.717) is 35.5 Å². The summed E-state index contributed by atoms with van der Waals surface area (Å²) in [7, 11) is -3.56. The van der Waals surface area contributed by atoms with Gasteiger partial charge in [0.1, 0.15) is 5.75 Å². The maximum atomic E-state index is 12.1. The van der Waals surface area contributed by atoms with Crippen molar-refractivity contribution in [2.75, 3.05) is 18.5 Å². The lowest BCUT2D eigenvalue weighted by atomic mass is 10.2. The Labute approximate surface area is 164 Å². The van der Waals surface area contributed by atoms with Crippen LogP contribution < -0.4 is 20.5 Å². The molecule has 0 saturated heterocycles. The van der Waals surface area contributed by atoms with Crippen molar-refractivity contribution >= 4 is 27.5 Å². The van der Waals surface area contributed by atoms with Gasteiger partial charge < -0.3 is 15.8 Å². The van der Waals surface area contributed by atoms with E-state index in [-0.39, 0.29) is 11.5 Å². The number of rotatable bonds is 9. The second-order valence-electron chi connectivity index (χ2n) is 6.10. The fraction of sp³-hybridized carbons (Fsp3) is 0.263. The minimum atomic E-state index is -3.56. The van der Waals surface area contributed by atoms with Crippen molar-refractivity contribution in [3.63, 3.8) is 0 Å². The average Bonchev–Trinajstić information content (AvgIpc) is 2.65. The number of anilines is 1. The molecule has 0 bridgehead atoms. The third kappa shape index (κ3) is 5.80. The second kappa shape index (κ2) is 9.34. The highest BCUT2D eigenvalue weighted by atomic mass is 32.2. The number of carbonyl (C=O) groups is 2. The van der Waals surface area contributed by atoms with E-state index in [1.54, 1.807) is 19.1 Å². The molecule has 0 aliphatic carbocycles. The minimum absolute atomic E-state index is 0.143. The van der Waals surface area contributed by atoms with Gasteiger partial charge in [0.2, 0.25) is 15.9 Å². The summed E-state index contributed by atoms with van der Waals surface area (Å²) in [5.41, 5.74) is 6.60. The standard InChI is InChI=1S/C19H23N3O5S/c1-3-10-21-28(25,26)16-8-9-17(13(2)11-16)27-12-18(23)22-15-6-4-14(5-7-15)19(20)24/h4-9,11,21H,3,10,12H2,1-2H3,(H2,20,24)(H,22,23). The van der Waals surface area contributed by atoms with Gasteiger partial charge in [-0.05, 0) is 61.4 Å². The Bertz CT molecular complexity index is 956. The molecule has 0 aliphatic rings. The molecule has 2 rings (SSSR count). The lowest BCUT2D eigenvalue weighted by Crippen LogP contribution is -2.24. The Balaban J connectivity index is 1.96. The molecular weight excluding hydrogens is 382 g/mol. The van der Waals surface area contributed by atoms with E-state index < -0.39 is 21.8 Å². The number of nitrogens with two attached hydrogens (primary N) is 1. The van der Waals surface area contributed by atoms with Crippen molar-refractivity contribution in [3.05, 3.63) is 53.6 Å². The summed E-state index contributed by atoms with van der Waals surface area (Å²) >= 11 is 0. The fourth-order valence-corrected chi connectivity index (χ4v) is 3.55. The van der Waals surface area contributed by atoms with Crippen LogP contribution in [0.25, 0.3) is 0 Å². The molecule has 0 unspecified atom stereocenters. The van der Waals surface area contributed by atoms with Crippen LogP contribution in [-0.2, 0) is 14.8 Å². The number of sulfonamides is 1. The Hall–Kier alpha value is -2.91. The molecule has 0 radical (unpaired) electrons. The van der Waals surface area contributed by atoms with Crippen LogP contribution in [0.4, 0.5) is 5.69 Å². The molecule has 2 aromatic rings. The predicted octanol–water partition coefficient (Wildman–Crippen LogP) is 1.80. The number of ether oxygens (including phenoxy) is 1. The monoisotopic (exact) mass is 405 g/mol. The van der Waals surface area contributed by atoms with E-state index in [4.69, 9.17) is 10.5 Å². The largest absolute Gasteiger partial charge is 0.483 e. The first-order chi connectivity index (χ1) is 13.2. The van der Waals surface area contributed by atoms with Gasteiger partial charge >= 0.3 is 0 Å². The lowest BCUT2D eigenvalue weighted by Gasteiger charge is -2.12. The van der Waals surface area contributed by atoms with E-state index in [2.05, 4.69) is 10.0 Å². The first-order valence-electron chi connectivity index (χ1n) is 8.65. The van der Waals surface area contributed by atoms with Gasteiger partial charge in [0.25, 0.3) is 5.91 Å². The topological polar surface area (TPSA) is 128 Å². The van der Waals surface area contributed by atoms with Gasteiger partial charge in [-0.2, -0.15) is 0 Å². The maximum Gasteiger partial charge on any atom is 0.262 e. The molecule has 8 nitrogen and oxygen atoms in total.